The molecular weight excluding hydrogens is 194 g/mol. The number of rotatable bonds is 6. The van der Waals surface area contributed by atoms with Gasteiger partial charge in [0.2, 0.25) is 0 Å². The maximum absolute atomic E-state index is 6.13. The molecule has 0 bridgehead atoms. The van der Waals surface area contributed by atoms with E-state index in [4.69, 9.17) is 5.73 Å². The van der Waals surface area contributed by atoms with Gasteiger partial charge in [0.25, 0.3) is 0 Å². The molecule has 0 radical (unpaired) electrons. The fraction of sp³-hybridized carbons (Fsp3) is 0.467. The molecule has 1 nitrogen and oxygen atoms in total. The van der Waals surface area contributed by atoms with Crippen molar-refractivity contribution in [3.8, 4) is 0 Å². The summed E-state index contributed by atoms with van der Waals surface area (Å²) in [7, 11) is 0. The van der Waals surface area contributed by atoms with Gasteiger partial charge in [-0.15, -0.1) is 0 Å². The van der Waals surface area contributed by atoms with Crippen molar-refractivity contribution in [1.82, 2.24) is 0 Å². The minimum atomic E-state index is 0.106. The normalized spacial score (nSPS) is 12.4. The van der Waals surface area contributed by atoms with E-state index in [9.17, 15) is 0 Å². The van der Waals surface area contributed by atoms with E-state index in [1.54, 1.807) is 0 Å². The first-order valence-electron chi connectivity index (χ1n) is 6.12. The Bertz CT molecular complexity index is 324. The summed E-state index contributed by atoms with van der Waals surface area (Å²) in [6, 6.07) is 8.69. The molecule has 0 aliphatic carbocycles. The Morgan fingerprint density at radius 2 is 1.94 bits per heavy atom. The van der Waals surface area contributed by atoms with Gasteiger partial charge in [0.15, 0.2) is 0 Å². The highest BCUT2D eigenvalue weighted by Crippen LogP contribution is 2.13. The maximum Gasteiger partial charge on any atom is 0.0291 e. The van der Waals surface area contributed by atoms with Crippen LogP contribution in [-0.4, -0.2) is 6.04 Å². The Hall–Kier alpha value is -1.08. The molecular formula is C15H23N. The first-order valence-corrected chi connectivity index (χ1v) is 6.12. The second-order valence-electron chi connectivity index (χ2n) is 4.56. The molecule has 0 fully saturated rings. The molecule has 0 spiro atoms. The molecule has 0 aliphatic rings. The first kappa shape index (κ1) is 13.0. The third-order valence-electron chi connectivity index (χ3n) is 2.95. The fourth-order valence-corrected chi connectivity index (χ4v) is 1.71. The molecule has 16 heavy (non-hydrogen) atoms. The van der Waals surface area contributed by atoms with E-state index in [1.807, 2.05) is 0 Å². The molecule has 0 aromatic heterocycles. The summed E-state index contributed by atoms with van der Waals surface area (Å²) in [5.74, 6) is 0. The van der Waals surface area contributed by atoms with Crippen molar-refractivity contribution in [2.75, 3.05) is 0 Å². The van der Waals surface area contributed by atoms with Crippen LogP contribution in [0.15, 0.2) is 36.4 Å². The van der Waals surface area contributed by atoms with Crippen LogP contribution < -0.4 is 5.73 Å². The molecule has 1 heteroatoms. The van der Waals surface area contributed by atoms with E-state index < -0.39 is 0 Å². The van der Waals surface area contributed by atoms with Crippen LogP contribution in [0.1, 0.15) is 37.3 Å². The monoisotopic (exact) mass is 217 g/mol. The molecule has 1 atom stereocenters. The Kier molecular flexibility index (Phi) is 5.27. The minimum absolute atomic E-state index is 0.106. The Balaban J connectivity index is 2.47. The third kappa shape index (κ3) is 4.19. The summed E-state index contributed by atoms with van der Waals surface area (Å²) >= 11 is 0. The third-order valence-corrected chi connectivity index (χ3v) is 2.95. The summed E-state index contributed by atoms with van der Waals surface area (Å²) in [6.45, 7) is 8.38. The molecule has 2 N–H and O–H groups in total. The Morgan fingerprint density at radius 1 is 1.31 bits per heavy atom. The van der Waals surface area contributed by atoms with Gasteiger partial charge in [-0.1, -0.05) is 55.3 Å². The van der Waals surface area contributed by atoms with Crippen LogP contribution >= 0.6 is 0 Å². The molecule has 0 amide bonds. The number of hydrogen-bond acceptors (Lipinski definition) is 1. The zero-order chi connectivity index (χ0) is 12.0. The van der Waals surface area contributed by atoms with Gasteiger partial charge in [-0.25, -0.2) is 0 Å². The average molecular weight is 217 g/mol. The van der Waals surface area contributed by atoms with Crippen molar-refractivity contribution in [3.05, 3.63) is 47.5 Å². The molecule has 1 rings (SSSR count). The van der Waals surface area contributed by atoms with Crippen molar-refractivity contribution in [3.63, 3.8) is 0 Å². The first-order chi connectivity index (χ1) is 7.63. The van der Waals surface area contributed by atoms with Crippen LogP contribution in [-0.2, 0) is 6.42 Å². The second kappa shape index (κ2) is 6.49. The van der Waals surface area contributed by atoms with E-state index >= 15 is 0 Å². The SMILES string of the molecule is C=C(CCCC)C(N)Cc1ccc(C)cc1. The zero-order valence-corrected chi connectivity index (χ0v) is 10.5. The molecule has 1 aromatic carbocycles. The summed E-state index contributed by atoms with van der Waals surface area (Å²) < 4.78 is 0. The van der Waals surface area contributed by atoms with E-state index in [0.717, 1.165) is 12.8 Å². The number of benzene rings is 1. The highest BCUT2D eigenvalue weighted by molar-refractivity contribution is 5.23. The number of nitrogens with two attached hydrogens (primary N) is 1. The molecule has 1 unspecified atom stereocenters. The molecule has 0 heterocycles. The Labute approximate surface area is 99.4 Å². The van der Waals surface area contributed by atoms with Crippen LogP contribution in [0.4, 0.5) is 0 Å². The van der Waals surface area contributed by atoms with Gasteiger partial charge in [-0.2, -0.15) is 0 Å². The Morgan fingerprint density at radius 3 is 2.50 bits per heavy atom. The highest BCUT2D eigenvalue weighted by atomic mass is 14.6. The summed E-state index contributed by atoms with van der Waals surface area (Å²) in [6.07, 6.45) is 4.36. The average Bonchev–Trinajstić information content (AvgIpc) is 2.29. The van der Waals surface area contributed by atoms with Crippen molar-refractivity contribution >= 4 is 0 Å². The molecule has 0 aliphatic heterocycles. The lowest BCUT2D eigenvalue weighted by atomic mass is 9.97. The van der Waals surface area contributed by atoms with Crippen LogP contribution in [0.2, 0.25) is 0 Å². The van der Waals surface area contributed by atoms with E-state index in [1.165, 1.54) is 29.5 Å². The molecule has 0 saturated heterocycles. The van der Waals surface area contributed by atoms with Gasteiger partial charge < -0.3 is 5.73 Å². The van der Waals surface area contributed by atoms with Crippen LogP contribution in [0, 0.1) is 6.92 Å². The van der Waals surface area contributed by atoms with Gasteiger partial charge >= 0.3 is 0 Å². The van der Waals surface area contributed by atoms with Gasteiger partial charge in [0, 0.05) is 6.04 Å². The second-order valence-corrected chi connectivity index (χ2v) is 4.56. The van der Waals surface area contributed by atoms with E-state index in [-0.39, 0.29) is 6.04 Å². The molecule has 88 valence electrons. The van der Waals surface area contributed by atoms with Gasteiger partial charge in [0.05, 0.1) is 0 Å². The molecule has 1 aromatic rings. The largest absolute Gasteiger partial charge is 0.324 e. The highest BCUT2D eigenvalue weighted by Gasteiger charge is 2.07. The van der Waals surface area contributed by atoms with E-state index in [2.05, 4.69) is 44.7 Å². The lowest BCUT2D eigenvalue weighted by molar-refractivity contribution is 0.685. The maximum atomic E-state index is 6.13. The van der Waals surface area contributed by atoms with Crippen molar-refractivity contribution < 1.29 is 0 Å². The van der Waals surface area contributed by atoms with Gasteiger partial charge in [-0.3, -0.25) is 0 Å². The lowest BCUT2D eigenvalue weighted by Gasteiger charge is -2.14. The summed E-state index contributed by atoms with van der Waals surface area (Å²) in [4.78, 5) is 0. The standard InChI is InChI=1S/C15H23N/c1-4-5-6-13(3)15(16)11-14-9-7-12(2)8-10-14/h7-10,15H,3-6,11,16H2,1-2H3. The summed E-state index contributed by atoms with van der Waals surface area (Å²) in [5.41, 5.74) is 9.91. The van der Waals surface area contributed by atoms with Crippen LogP contribution in [0.25, 0.3) is 0 Å². The minimum Gasteiger partial charge on any atom is -0.324 e. The van der Waals surface area contributed by atoms with E-state index in [0.29, 0.717) is 0 Å². The van der Waals surface area contributed by atoms with Crippen molar-refractivity contribution in [2.45, 2.75) is 45.6 Å². The smallest absolute Gasteiger partial charge is 0.0291 e. The van der Waals surface area contributed by atoms with Crippen molar-refractivity contribution in [1.29, 1.82) is 0 Å². The van der Waals surface area contributed by atoms with Crippen LogP contribution in [0.3, 0.4) is 0 Å². The van der Waals surface area contributed by atoms with Gasteiger partial charge in [0.1, 0.15) is 0 Å². The summed E-state index contributed by atoms with van der Waals surface area (Å²) in [5, 5.41) is 0. The number of aryl methyl sites for hydroxylation is 1. The quantitative estimate of drug-likeness (QED) is 0.724. The topological polar surface area (TPSA) is 26.0 Å². The predicted octanol–water partition coefficient (Wildman–Crippen LogP) is 3.61. The number of hydrogen-bond donors (Lipinski definition) is 1. The van der Waals surface area contributed by atoms with Crippen molar-refractivity contribution in [2.24, 2.45) is 5.73 Å². The predicted molar refractivity (Wildman–Crippen MR) is 71.5 cm³/mol. The zero-order valence-electron chi connectivity index (χ0n) is 10.5. The fourth-order valence-electron chi connectivity index (χ4n) is 1.71. The number of unbranched alkanes of at least 4 members (excludes halogenated alkanes) is 1. The molecule has 0 saturated carbocycles. The van der Waals surface area contributed by atoms with Crippen LogP contribution in [0.5, 0.6) is 0 Å². The lowest BCUT2D eigenvalue weighted by Crippen LogP contribution is -2.24. The van der Waals surface area contributed by atoms with Gasteiger partial charge in [-0.05, 0) is 31.7 Å².